The van der Waals surface area contributed by atoms with Crippen LogP contribution in [-0.4, -0.2) is 78.4 Å². The van der Waals surface area contributed by atoms with E-state index >= 15 is 0 Å². The molecule has 0 radical (unpaired) electrons. The number of imide groups is 1. The van der Waals surface area contributed by atoms with Crippen molar-refractivity contribution < 1.29 is 14.4 Å². The van der Waals surface area contributed by atoms with Gasteiger partial charge in [-0.15, -0.1) is 0 Å². The number of likely N-dealkylation sites (tertiary alicyclic amines) is 1. The maximum atomic E-state index is 13.8. The van der Waals surface area contributed by atoms with E-state index in [4.69, 9.17) is 11.6 Å². The number of benzene rings is 2. The summed E-state index contributed by atoms with van der Waals surface area (Å²) in [6, 6.07) is 16.6. The first-order valence-corrected chi connectivity index (χ1v) is 12.6. The molecule has 1 atom stereocenters. The molecule has 0 unspecified atom stereocenters. The molecule has 8 heteroatoms. The van der Waals surface area contributed by atoms with Gasteiger partial charge in [0.15, 0.2) is 0 Å². The van der Waals surface area contributed by atoms with Gasteiger partial charge in [0.1, 0.15) is 5.54 Å². The highest BCUT2D eigenvalue weighted by atomic mass is 35.5. The largest absolute Gasteiger partial charge is 0.339 e. The number of piperidine rings is 1. The summed E-state index contributed by atoms with van der Waals surface area (Å²) < 4.78 is 0. The highest BCUT2D eigenvalue weighted by Gasteiger charge is 2.55. The van der Waals surface area contributed by atoms with Crippen molar-refractivity contribution in [2.45, 2.75) is 31.2 Å². The highest BCUT2D eigenvalue weighted by molar-refractivity contribution is 6.30. The summed E-state index contributed by atoms with van der Waals surface area (Å²) in [4.78, 5) is 44.9. The normalized spacial score (nSPS) is 21.0. The lowest BCUT2D eigenvalue weighted by molar-refractivity contribution is -0.134. The van der Waals surface area contributed by atoms with Crippen molar-refractivity contribution in [3.63, 3.8) is 0 Å². The Hall–Kier alpha value is -2.90. The Morgan fingerprint density at radius 3 is 2.34 bits per heavy atom. The molecule has 186 valence electrons. The van der Waals surface area contributed by atoms with Gasteiger partial charge in [0.2, 0.25) is 0 Å². The fourth-order valence-electron chi connectivity index (χ4n) is 5.13. The minimum atomic E-state index is -0.950. The van der Waals surface area contributed by atoms with Crippen molar-refractivity contribution in [1.29, 1.82) is 0 Å². The zero-order chi connectivity index (χ0) is 25.0. The van der Waals surface area contributed by atoms with Crippen LogP contribution in [0.5, 0.6) is 0 Å². The van der Waals surface area contributed by atoms with Gasteiger partial charge in [0.05, 0.1) is 0 Å². The predicted molar refractivity (Wildman–Crippen MR) is 136 cm³/mol. The van der Waals surface area contributed by atoms with Crippen LogP contribution in [0.3, 0.4) is 0 Å². The van der Waals surface area contributed by atoms with Crippen molar-refractivity contribution >= 4 is 29.4 Å². The maximum Gasteiger partial charge on any atom is 0.325 e. The molecule has 0 aromatic heterocycles. The molecule has 2 saturated heterocycles. The zero-order valence-electron chi connectivity index (χ0n) is 20.4. The van der Waals surface area contributed by atoms with Crippen molar-refractivity contribution in [3.8, 4) is 0 Å². The summed E-state index contributed by atoms with van der Waals surface area (Å²) in [5.74, 6) is -0.211. The molecule has 0 aliphatic carbocycles. The maximum absolute atomic E-state index is 13.8. The van der Waals surface area contributed by atoms with Crippen molar-refractivity contribution in [2.75, 3.05) is 40.3 Å². The molecule has 2 aliphatic heterocycles. The number of likely N-dealkylation sites (N-methyl/N-ethyl adjacent to an activating group) is 1. The molecular formula is C27H33ClN4O3. The number of hydrogen-bond acceptors (Lipinski definition) is 4. The van der Waals surface area contributed by atoms with Crippen LogP contribution in [0.1, 0.15) is 35.2 Å². The molecule has 2 fully saturated rings. The van der Waals surface area contributed by atoms with E-state index in [1.165, 1.54) is 4.90 Å². The smallest absolute Gasteiger partial charge is 0.325 e. The van der Waals surface area contributed by atoms with Gasteiger partial charge in [-0.25, -0.2) is 4.79 Å². The summed E-state index contributed by atoms with van der Waals surface area (Å²) in [5.41, 5.74) is 0.789. The standard InChI is InChI=1S/C27H33ClN4O3/c1-30(2)18-19-32-25(34)27(29-26(32)35,15-12-20-6-4-3-5-7-20)22-13-16-31(17-14-22)24(33)21-8-10-23(28)11-9-21/h3-11,22H,12-19H2,1-2H3,(H,29,35)/t27-/m1/s1. The molecule has 0 bridgehead atoms. The number of halogens is 1. The SMILES string of the molecule is CN(C)CCN1C(=O)N[C@](CCc2ccccc2)(C2CCN(C(=O)c3ccc(Cl)cc3)CC2)C1=O. The van der Waals surface area contributed by atoms with E-state index in [0.717, 1.165) is 5.56 Å². The highest BCUT2D eigenvalue weighted by Crippen LogP contribution is 2.37. The van der Waals surface area contributed by atoms with Gasteiger partial charge in [0, 0.05) is 36.8 Å². The van der Waals surface area contributed by atoms with Gasteiger partial charge in [0.25, 0.3) is 11.8 Å². The molecule has 2 heterocycles. The van der Waals surface area contributed by atoms with Crippen LogP contribution in [0.2, 0.25) is 5.02 Å². The molecule has 35 heavy (non-hydrogen) atoms. The van der Waals surface area contributed by atoms with Crippen LogP contribution in [0.25, 0.3) is 0 Å². The fraction of sp³-hybridized carbons (Fsp3) is 0.444. The Morgan fingerprint density at radius 1 is 1.06 bits per heavy atom. The van der Waals surface area contributed by atoms with Crippen molar-refractivity contribution in [3.05, 3.63) is 70.7 Å². The molecule has 2 aromatic carbocycles. The summed E-state index contributed by atoms with van der Waals surface area (Å²) in [6.07, 6.45) is 2.54. The molecule has 4 amide bonds. The molecule has 2 aromatic rings. The molecule has 7 nitrogen and oxygen atoms in total. The zero-order valence-corrected chi connectivity index (χ0v) is 21.1. The van der Waals surface area contributed by atoms with Crippen LogP contribution in [-0.2, 0) is 11.2 Å². The number of rotatable bonds is 8. The predicted octanol–water partition coefficient (Wildman–Crippen LogP) is 3.68. The Balaban J connectivity index is 1.51. The summed E-state index contributed by atoms with van der Waals surface area (Å²) in [7, 11) is 3.85. The summed E-state index contributed by atoms with van der Waals surface area (Å²) >= 11 is 5.96. The second kappa shape index (κ2) is 10.8. The lowest BCUT2D eigenvalue weighted by atomic mass is 9.74. The first-order valence-electron chi connectivity index (χ1n) is 12.2. The minimum Gasteiger partial charge on any atom is -0.339 e. The average molecular weight is 497 g/mol. The van der Waals surface area contributed by atoms with Crippen molar-refractivity contribution in [1.82, 2.24) is 20.0 Å². The number of urea groups is 1. The fourth-order valence-corrected chi connectivity index (χ4v) is 5.26. The van der Waals surface area contributed by atoms with Crippen LogP contribution >= 0.6 is 11.6 Å². The number of carbonyl (C=O) groups is 3. The quantitative estimate of drug-likeness (QED) is 0.566. The summed E-state index contributed by atoms with van der Waals surface area (Å²) in [6.45, 7) is 2.06. The third-order valence-electron chi connectivity index (χ3n) is 7.19. The van der Waals surface area contributed by atoms with Gasteiger partial charge in [-0.05, 0) is 75.5 Å². The lowest BCUT2D eigenvalue weighted by Crippen LogP contribution is -2.57. The van der Waals surface area contributed by atoms with E-state index in [9.17, 15) is 14.4 Å². The average Bonchev–Trinajstić information content (AvgIpc) is 3.11. The van der Waals surface area contributed by atoms with Crippen LogP contribution in [0, 0.1) is 5.92 Å². The number of hydrogen-bond donors (Lipinski definition) is 1. The topological polar surface area (TPSA) is 73.0 Å². The van der Waals surface area contributed by atoms with E-state index in [0.29, 0.717) is 62.4 Å². The number of amides is 4. The Kier molecular flexibility index (Phi) is 7.77. The Labute approximate surface area is 212 Å². The van der Waals surface area contributed by atoms with Crippen LogP contribution in [0.15, 0.2) is 54.6 Å². The van der Waals surface area contributed by atoms with E-state index in [2.05, 4.69) is 5.32 Å². The lowest BCUT2D eigenvalue weighted by Gasteiger charge is -2.41. The molecular weight excluding hydrogens is 464 g/mol. The van der Waals surface area contributed by atoms with Gasteiger partial charge in [-0.3, -0.25) is 14.5 Å². The summed E-state index contributed by atoms with van der Waals surface area (Å²) in [5, 5.41) is 3.71. The third kappa shape index (κ3) is 5.52. The molecule has 4 rings (SSSR count). The van der Waals surface area contributed by atoms with Crippen LogP contribution in [0.4, 0.5) is 4.79 Å². The molecule has 0 saturated carbocycles. The first kappa shape index (κ1) is 25.2. The molecule has 2 aliphatic rings. The van der Waals surface area contributed by atoms with Crippen molar-refractivity contribution in [2.24, 2.45) is 5.92 Å². The second-order valence-corrected chi connectivity index (χ2v) is 10.2. The van der Waals surface area contributed by atoms with E-state index in [1.807, 2.05) is 54.2 Å². The molecule has 1 N–H and O–H groups in total. The number of carbonyl (C=O) groups excluding carboxylic acids is 3. The number of nitrogens with zero attached hydrogens (tertiary/aromatic N) is 3. The third-order valence-corrected chi connectivity index (χ3v) is 7.45. The van der Waals surface area contributed by atoms with E-state index in [1.54, 1.807) is 24.3 Å². The van der Waals surface area contributed by atoms with Crippen LogP contribution < -0.4 is 5.32 Å². The van der Waals surface area contributed by atoms with Gasteiger partial charge < -0.3 is 15.1 Å². The first-order chi connectivity index (χ1) is 16.8. The van der Waals surface area contributed by atoms with Gasteiger partial charge >= 0.3 is 6.03 Å². The number of nitrogens with one attached hydrogen (secondary N) is 1. The van der Waals surface area contributed by atoms with Gasteiger partial charge in [-0.2, -0.15) is 0 Å². The Morgan fingerprint density at radius 2 is 1.71 bits per heavy atom. The van der Waals surface area contributed by atoms with Gasteiger partial charge in [-0.1, -0.05) is 41.9 Å². The number of aryl methyl sites for hydroxylation is 1. The minimum absolute atomic E-state index is 0.0344. The second-order valence-electron chi connectivity index (χ2n) is 9.72. The Bertz CT molecular complexity index is 1050. The molecule has 0 spiro atoms. The van der Waals surface area contributed by atoms with E-state index in [-0.39, 0.29) is 23.8 Å². The van der Waals surface area contributed by atoms with E-state index < -0.39 is 5.54 Å². The monoisotopic (exact) mass is 496 g/mol.